The Morgan fingerprint density at radius 3 is 2.77 bits per heavy atom. The summed E-state index contributed by atoms with van der Waals surface area (Å²) in [4.78, 5) is 0. The molecule has 72 valence electrons. The third kappa shape index (κ3) is 1.95. The van der Waals surface area contributed by atoms with Crippen molar-refractivity contribution in [3.63, 3.8) is 0 Å². The molecule has 0 amide bonds. The molecule has 1 aromatic rings. The number of phenolic OH excluding ortho intramolecular Hbond substituents is 2. The van der Waals surface area contributed by atoms with Gasteiger partial charge in [-0.05, 0) is 24.6 Å². The number of benzene rings is 1. The molecular formula is C9H12BrNO2. The van der Waals surface area contributed by atoms with Crippen LogP contribution in [0.25, 0.3) is 0 Å². The lowest BCUT2D eigenvalue weighted by Gasteiger charge is -2.18. The van der Waals surface area contributed by atoms with Crippen LogP contribution in [0.1, 0.15) is 11.1 Å². The van der Waals surface area contributed by atoms with Crippen molar-refractivity contribution >= 4 is 17.0 Å². The van der Waals surface area contributed by atoms with E-state index in [1.54, 1.807) is 6.07 Å². The topological polar surface area (TPSA) is 52.5 Å². The van der Waals surface area contributed by atoms with Gasteiger partial charge in [-0.2, -0.15) is 0 Å². The van der Waals surface area contributed by atoms with Crippen molar-refractivity contribution in [1.82, 2.24) is 5.32 Å². The molecule has 0 bridgehead atoms. The molecule has 0 fully saturated rings. The van der Waals surface area contributed by atoms with Gasteiger partial charge in [0, 0.05) is 18.2 Å². The summed E-state index contributed by atoms with van der Waals surface area (Å²) >= 11 is 0. The van der Waals surface area contributed by atoms with Gasteiger partial charge in [0.25, 0.3) is 0 Å². The van der Waals surface area contributed by atoms with Crippen molar-refractivity contribution in [3.05, 3.63) is 23.3 Å². The van der Waals surface area contributed by atoms with E-state index >= 15 is 0 Å². The van der Waals surface area contributed by atoms with Crippen LogP contribution < -0.4 is 5.32 Å². The van der Waals surface area contributed by atoms with Gasteiger partial charge in [-0.15, -0.1) is 17.0 Å². The number of hydrogen-bond donors (Lipinski definition) is 3. The van der Waals surface area contributed by atoms with Crippen LogP contribution in [0.3, 0.4) is 0 Å². The van der Waals surface area contributed by atoms with Crippen molar-refractivity contribution in [2.75, 3.05) is 6.54 Å². The Bertz CT molecular complexity index is 315. The quantitative estimate of drug-likeness (QED) is 0.647. The fraction of sp³-hybridized carbons (Fsp3) is 0.333. The van der Waals surface area contributed by atoms with E-state index in [0.29, 0.717) is 6.54 Å². The first kappa shape index (κ1) is 10.3. The molecule has 3 nitrogen and oxygen atoms in total. The summed E-state index contributed by atoms with van der Waals surface area (Å²) in [5, 5.41) is 21.8. The van der Waals surface area contributed by atoms with Gasteiger partial charge < -0.3 is 15.5 Å². The number of aromatic hydroxyl groups is 2. The Balaban J connectivity index is 0.000000845. The second-order valence-corrected chi connectivity index (χ2v) is 3.03. The molecule has 0 aliphatic carbocycles. The van der Waals surface area contributed by atoms with E-state index in [9.17, 15) is 10.2 Å². The van der Waals surface area contributed by atoms with E-state index in [4.69, 9.17) is 0 Å². The van der Waals surface area contributed by atoms with Gasteiger partial charge in [0.2, 0.25) is 0 Å². The zero-order chi connectivity index (χ0) is 8.55. The molecule has 0 saturated carbocycles. The van der Waals surface area contributed by atoms with Gasteiger partial charge in [-0.3, -0.25) is 0 Å². The summed E-state index contributed by atoms with van der Waals surface area (Å²) in [5.74, 6) is 0.338. The molecule has 13 heavy (non-hydrogen) atoms. The van der Waals surface area contributed by atoms with Crippen LogP contribution in [0.5, 0.6) is 11.5 Å². The highest BCUT2D eigenvalue weighted by molar-refractivity contribution is 8.93. The molecule has 1 aliphatic heterocycles. The first-order valence-electron chi connectivity index (χ1n) is 4.02. The first-order valence-corrected chi connectivity index (χ1v) is 4.02. The molecule has 3 N–H and O–H groups in total. The average molecular weight is 246 g/mol. The summed E-state index contributed by atoms with van der Waals surface area (Å²) in [7, 11) is 0. The standard InChI is InChI=1S/C9H11NO2.BrH/c11-7-3-6-1-2-10-5-8(6)9(12)4-7;/h3-4,10-12H,1-2,5H2;1H. The maximum Gasteiger partial charge on any atom is 0.124 e. The van der Waals surface area contributed by atoms with Crippen molar-refractivity contribution in [2.24, 2.45) is 0 Å². The third-order valence-electron chi connectivity index (χ3n) is 2.18. The first-order chi connectivity index (χ1) is 5.77. The fourth-order valence-electron chi connectivity index (χ4n) is 1.56. The van der Waals surface area contributed by atoms with E-state index in [0.717, 1.165) is 24.1 Å². The summed E-state index contributed by atoms with van der Waals surface area (Å²) in [6, 6.07) is 3.10. The third-order valence-corrected chi connectivity index (χ3v) is 2.18. The van der Waals surface area contributed by atoms with Gasteiger partial charge in [0.15, 0.2) is 0 Å². The maximum atomic E-state index is 9.44. The van der Waals surface area contributed by atoms with Crippen LogP contribution in [0, 0.1) is 0 Å². The van der Waals surface area contributed by atoms with Gasteiger partial charge in [0.1, 0.15) is 11.5 Å². The number of nitrogens with one attached hydrogen (secondary N) is 1. The molecule has 0 radical (unpaired) electrons. The Morgan fingerprint density at radius 2 is 2.00 bits per heavy atom. The maximum absolute atomic E-state index is 9.44. The van der Waals surface area contributed by atoms with Gasteiger partial charge in [-0.25, -0.2) is 0 Å². The molecule has 0 atom stereocenters. The number of halogens is 1. The summed E-state index contributed by atoms with van der Waals surface area (Å²) in [6.07, 6.45) is 0.872. The predicted octanol–water partition coefficient (Wildman–Crippen LogP) is 1.32. The molecule has 0 spiro atoms. The normalized spacial score (nSPS) is 14.5. The SMILES string of the molecule is Br.Oc1cc(O)c2c(c1)CCNC2. The molecule has 4 heteroatoms. The largest absolute Gasteiger partial charge is 0.508 e. The van der Waals surface area contributed by atoms with Crippen molar-refractivity contribution in [2.45, 2.75) is 13.0 Å². The molecule has 0 unspecified atom stereocenters. The van der Waals surface area contributed by atoms with E-state index < -0.39 is 0 Å². The van der Waals surface area contributed by atoms with E-state index in [1.807, 2.05) is 0 Å². The van der Waals surface area contributed by atoms with Crippen molar-refractivity contribution < 1.29 is 10.2 Å². The van der Waals surface area contributed by atoms with E-state index in [2.05, 4.69) is 5.32 Å². The average Bonchev–Trinajstić information content (AvgIpc) is 2.04. The lowest BCUT2D eigenvalue weighted by atomic mass is 10.00. The fourth-order valence-corrected chi connectivity index (χ4v) is 1.56. The molecule has 0 saturated heterocycles. The van der Waals surface area contributed by atoms with Crippen LogP contribution in [-0.4, -0.2) is 16.8 Å². The minimum atomic E-state index is 0. The smallest absolute Gasteiger partial charge is 0.124 e. The highest BCUT2D eigenvalue weighted by Crippen LogP contribution is 2.28. The summed E-state index contributed by atoms with van der Waals surface area (Å²) in [5.41, 5.74) is 1.96. The van der Waals surface area contributed by atoms with Crippen LogP contribution in [0.4, 0.5) is 0 Å². The molecule has 2 rings (SSSR count). The zero-order valence-corrected chi connectivity index (χ0v) is 8.79. The van der Waals surface area contributed by atoms with Crippen LogP contribution in [-0.2, 0) is 13.0 Å². The monoisotopic (exact) mass is 245 g/mol. The lowest BCUT2D eigenvalue weighted by Crippen LogP contribution is -2.23. The Morgan fingerprint density at radius 1 is 1.23 bits per heavy atom. The number of rotatable bonds is 0. The molecule has 1 heterocycles. The highest BCUT2D eigenvalue weighted by atomic mass is 79.9. The minimum Gasteiger partial charge on any atom is -0.508 e. The number of phenols is 2. The van der Waals surface area contributed by atoms with Gasteiger partial charge in [-0.1, -0.05) is 0 Å². The zero-order valence-electron chi connectivity index (χ0n) is 7.08. The summed E-state index contributed by atoms with van der Waals surface area (Å²) < 4.78 is 0. The molecule has 1 aromatic carbocycles. The minimum absolute atomic E-state index is 0. The van der Waals surface area contributed by atoms with E-state index in [-0.39, 0.29) is 28.5 Å². The van der Waals surface area contributed by atoms with Crippen molar-refractivity contribution in [1.29, 1.82) is 0 Å². The second-order valence-electron chi connectivity index (χ2n) is 3.03. The Kier molecular flexibility index (Phi) is 3.17. The van der Waals surface area contributed by atoms with Gasteiger partial charge in [0.05, 0.1) is 0 Å². The Labute approximate surface area is 87.2 Å². The second kappa shape index (κ2) is 3.98. The van der Waals surface area contributed by atoms with Crippen molar-refractivity contribution in [3.8, 4) is 11.5 Å². The molecule has 1 aliphatic rings. The number of hydrogen-bond acceptors (Lipinski definition) is 3. The van der Waals surface area contributed by atoms with Crippen LogP contribution >= 0.6 is 17.0 Å². The molecule has 0 aromatic heterocycles. The van der Waals surface area contributed by atoms with Crippen LogP contribution in [0.15, 0.2) is 12.1 Å². The highest BCUT2D eigenvalue weighted by Gasteiger charge is 2.13. The Hall–Kier alpha value is -0.740. The van der Waals surface area contributed by atoms with Gasteiger partial charge >= 0.3 is 0 Å². The van der Waals surface area contributed by atoms with Crippen LogP contribution in [0.2, 0.25) is 0 Å². The summed E-state index contributed by atoms with van der Waals surface area (Å²) in [6.45, 7) is 1.61. The lowest BCUT2D eigenvalue weighted by molar-refractivity contribution is 0.438. The number of fused-ring (bicyclic) bond motifs is 1. The molecular weight excluding hydrogens is 234 g/mol. The van der Waals surface area contributed by atoms with E-state index in [1.165, 1.54) is 6.07 Å². The predicted molar refractivity (Wildman–Crippen MR) is 55.5 cm³/mol.